The van der Waals surface area contributed by atoms with E-state index in [0.29, 0.717) is 6.04 Å². The van der Waals surface area contributed by atoms with E-state index < -0.39 is 8.72 Å². The van der Waals surface area contributed by atoms with Crippen molar-refractivity contribution in [2.45, 2.75) is 39.3 Å². The first-order chi connectivity index (χ1) is 5.60. The molecule has 0 aromatic heterocycles. The maximum absolute atomic E-state index is 5.44. The molecule has 0 aliphatic rings. The molecular weight excluding hydrogens is 170 g/mol. The predicted octanol–water partition coefficient (Wildman–Crippen LogP) is 1.63. The topological polar surface area (TPSA) is 30.5 Å². The summed E-state index contributed by atoms with van der Waals surface area (Å²) in [7, 11) is 1.39. The Balaban J connectivity index is 4.13. The third kappa shape index (κ3) is 3.67. The maximum atomic E-state index is 5.44. The van der Waals surface area contributed by atoms with Gasteiger partial charge < -0.3 is 8.85 Å². The quantitative estimate of drug-likeness (QED) is 0.647. The van der Waals surface area contributed by atoms with Gasteiger partial charge in [0.15, 0.2) is 0 Å². The van der Waals surface area contributed by atoms with Crippen molar-refractivity contribution in [3.63, 3.8) is 0 Å². The molecule has 1 N–H and O–H groups in total. The predicted molar refractivity (Wildman–Crippen MR) is 53.1 cm³/mol. The summed E-state index contributed by atoms with van der Waals surface area (Å²) < 4.78 is 10.9. The standard InChI is InChI=1S/C8H21NO2Si/c1-6-7-12(10-4,11-5)9-8(2)3/h8-9H,6-7H2,1-5H3. The normalized spacial score (nSPS) is 12.5. The van der Waals surface area contributed by atoms with Crippen LogP contribution in [0, 0.1) is 0 Å². The largest absolute Gasteiger partial charge is 0.424 e. The Bertz CT molecular complexity index is 116. The van der Waals surface area contributed by atoms with Gasteiger partial charge in [-0.25, -0.2) is 0 Å². The molecule has 3 nitrogen and oxygen atoms in total. The zero-order valence-electron chi connectivity index (χ0n) is 8.81. The van der Waals surface area contributed by atoms with Crippen LogP contribution in [0.15, 0.2) is 0 Å². The first-order valence-electron chi connectivity index (χ1n) is 4.48. The van der Waals surface area contributed by atoms with Gasteiger partial charge in [-0.3, -0.25) is 4.98 Å². The molecular formula is C8H21NO2Si. The molecule has 0 aromatic rings. The minimum atomic E-state index is -2.06. The fourth-order valence-electron chi connectivity index (χ4n) is 1.25. The SMILES string of the molecule is CCC[Si](NC(C)C)(OC)OC. The fourth-order valence-corrected chi connectivity index (χ4v) is 3.74. The fraction of sp³-hybridized carbons (Fsp3) is 1.00. The average molecular weight is 191 g/mol. The zero-order chi connectivity index (χ0) is 9.61. The van der Waals surface area contributed by atoms with E-state index in [4.69, 9.17) is 8.85 Å². The smallest absolute Gasteiger partial charge is 0.386 e. The van der Waals surface area contributed by atoms with Crippen molar-refractivity contribution in [3.05, 3.63) is 0 Å². The lowest BCUT2D eigenvalue weighted by molar-refractivity contribution is 0.222. The second-order valence-electron chi connectivity index (χ2n) is 3.21. The van der Waals surface area contributed by atoms with E-state index in [0.717, 1.165) is 12.5 Å². The highest BCUT2D eigenvalue weighted by Gasteiger charge is 2.35. The summed E-state index contributed by atoms with van der Waals surface area (Å²) >= 11 is 0. The van der Waals surface area contributed by atoms with Gasteiger partial charge >= 0.3 is 8.72 Å². The van der Waals surface area contributed by atoms with Crippen molar-refractivity contribution in [2.75, 3.05) is 14.2 Å². The molecule has 0 rings (SSSR count). The van der Waals surface area contributed by atoms with Crippen molar-refractivity contribution in [3.8, 4) is 0 Å². The van der Waals surface area contributed by atoms with Crippen molar-refractivity contribution in [2.24, 2.45) is 0 Å². The van der Waals surface area contributed by atoms with Crippen molar-refractivity contribution < 1.29 is 8.85 Å². The van der Waals surface area contributed by atoms with Gasteiger partial charge in [0.25, 0.3) is 0 Å². The second-order valence-corrected chi connectivity index (χ2v) is 6.32. The zero-order valence-corrected chi connectivity index (χ0v) is 9.81. The molecule has 74 valence electrons. The Morgan fingerprint density at radius 3 is 2.00 bits per heavy atom. The van der Waals surface area contributed by atoms with E-state index in [1.54, 1.807) is 14.2 Å². The molecule has 4 heteroatoms. The summed E-state index contributed by atoms with van der Waals surface area (Å²) in [6.45, 7) is 6.35. The molecule has 12 heavy (non-hydrogen) atoms. The van der Waals surface area contributed by atoms with Crippen LogP contribution < -0.4 is 4.98 Å². The number of nitrogens with one attached hydrogen (secondary N) is 1. The van der Waals surface area contributed by atoms with Crippen LogP contribution >= 0.6 is 0 Å². The molecule has 0 unspecified atom stereocenters. The molecule has 0 saturated heterocycles. The molecule has 0 fully saturated rings. The maximum Gasteiger partial charge on any atom is 0.424 e. The van der Waals surface area contributed by atoms with E-state index in [9.17, 15) is 0 Å². The number of rotatable bonds is 6. The highest BCUT2D eigenvalue weighted by Crippen LogP contribution is 2.11. The van der Waals surface area contributed by atoms with Crippen LogP contribution in [-0.4, -0.2) is 29.0 Å². The van der Waals surface area contributed by atoms with Gasteiger partial charge in [-0.15, -0.1) is 0 Å². The number of hydrogen-bond donors (Lipinski definition) is 1. The van der Waals surface area contributed by atoms with Crippen LogP contribution in [-0.2, 0) is 8.85 Å². The van der Waals surface area contributed by atoms with E-state index >= 15 is 0 Å². The van der Waals surface area contributed by atoms with E-state index in [1.807, 2.05) is 0 Å². The summed E-state index contributed by atoms with van der Waals surface area (Å²) in [5.74, 6) is 0. The third-order valence-electron chi connectivity index (χ3n) is 1.75. The molecule has 0 aliphatic carbocycles. The molecule has 0 saturated carbocycles. The van der Waals surface area contributed by atoms with E-state index in [1.165, 1.54) is 0 Å². The molecule has 0 spiro atoms. The summed E-state index contributed by atoms with van der Waals surface area (Å²) in [5, 5.41) is 0. The summed E-state index contributed by atoms with van der Waals surface area (Å²) in [4.78, 5) is 3.39. The summed E-state index contributed by atoms with van der Waals surface area (Å²) in [5.41, 5.74) is 0. The highest BCUT2D eigenvalue weighted by molar-refractivity contribution is 6.64. The molecule has 0 aliphatic heterocycles. The minimum absolute atomic E-state index is 0.420. The Hall–Kier alpha value is 0.0969. The van der Waals surface area contributed by atoms with Crippen molar-refractivity contribution >= 4 is 8.72 Å². The van der Waals surface area contributed by atoms with Gasteiger partial charge in [-0.2, -0.15) is 0 Å². The van der Waals surface area contributed by atoms with Gasteiger partial charge in [-0.1, -0.05) is 27.2 Å². The lowest BCUT2D eigenvalue weighted by Gasteiger charge is -2.29. The van der Waals surface area contributed by atoms with Gasteiger partial charge in [0.2, 0.25) is 0 Å². The Morgan fingerprint density at radius 2 is 1.75 bits per heavy atom. The Morgan fingerprint density at radius 1 is 1.25 bits per heavy atom. The lowest BCUT2D eigenvalue weighted by atomic mass is 10.4. The van der Waals surface area contributed by atoms with Crippen LogP contribution in [0.25, 0.3) is 0 Å². The number of hydrogen-bond acceptors (Lipinski definition) is 3. The van der Waals surface area contributed by atoms with Crippen molar-refractivity contribution in [1.29, 1.82) is 0 Å². The molecule has 0 bridgehead atoms. The lowest BCUT2D eigenvalue weighted by Crippen LogP contribution is -2.57. The van der Waals surface area contributed by atoms with Gasteiger partial charge in [-0.05, 0) is 6.04 Å². The molecule has 0 amide bonds. The molecule has 0 radical (unpaired) electrons. The van der Waals surface area contributed by atoms with Crippen LogP contribution in [0.3, 0.4) is 0 Å². The first kappa shape index (κ1) is 12.1. The average Bonchev–Trinajstić information content (AvgIpc) is 2.03. The van der Waals surface area contributed by atoms with Gasteiger partial charge in [0.05, 0.1) is 0 Å². The molecule has 0 atom stereocenters. The van der Waals surface area contributed by atoms with Crippen molar-refractivity contribution in [1.82, 2.24) is 4.98 Å². The first-order valence-corrected chi connectivity index (χ1v) is 6.50. The molecule has 0 heterocycles. The Labute approximate surface area is 76.8 Å². The monoisotopic (exact) mass is 191 g/mol. The summed E-state index contributed by atoms with van der Waals surface area (Å²) in [6.07, 6.45) is 1.09. The van der Waals surface area contributed by atoms with Gasteiger partial charge in [0.1, 0.15) is 0 Å². The van der Waals surface area contributed by atoms with Crippen LogP contribution in [0.1, 0.15) is 27.2 Å². The second kappa shape index (κ2) is 5.69. The highest BCUT2D eigenvalue weighted by atomic mass is 28.4. The van der Waals surface area contributed by atoms with Crippen LogP contribution in [0.4, 0.5) is 0 Å². The van der Waals surface area contributed by atoms with Gasteiger partial charge in [0, 0.05) is 20.3 Å². The van der Waals surface area contributed by atoms with E-state index in [-0.39, 0.29) is 0 Å². The Kier molecular flexibility index (Phi) is 5.74. The van der Waals surface area contributed by atoms with E-state index in [2.05, 4.69) is 25.8 Å². The van der Waals surface area contributed by atoms with Crippen LogP contribution in [0.5, 0.6) is 0 Å². The summed E-state index contributed by atoms with van der Waals surface area (Å²) in [6, 6.07) is 1.42. The van der Waals surface area contributed by atoms with Crippen LogP contribution in [0.2, 0.25) is 6.04 Å². The minimum Gasteiger partial charge on any atom is -0.386 e. The third-order valence-corrected chi connectivity index (χ3v) is 5.24. The molecule has 0 aromatic carbocycles.